The summed E-state index contributed by atoms with van der Waals surface area (Å²) in [4.78, 5) is 72.7. The third-order valence-corrected chi connectivity index (χ3v) is 15.9. The number of hydrogen-bond acceptors (Lipinski definition) is 19. The molecule has 2 aromatic carbocycles. The van der Waals surface area contributed by atoms with E-state index >= 15 is 0 Å². The molecule has 4 fully saturated rings. The van der Waals surface area contributed by atoms with Crippen LogP contribution < -0.4 is 26.6 Å². The van der Waals surface area contributed by atoms with Gasteiger partial charge in [-0.1, -0.05) is 64.1 Å². The van der Waals surface area contributed by atoms with Crippen LogP contribution in [0.15, 0.2) is 73.1 Å². The summed E-state index contributed by atoms with van der Waals surface area (Å²) in [5, 5.41) is 34.0. The molecule has 0 aliphatic carbocycles. The molecule has 0 bridgehead atoms. The Morgan fingerprint density at radius 1 is 0.663 bits per heavy atom. The maximum Gasteiger partial charge on any atom is 0.328 e. The van der Waals surface area contributed by atoms with Crippen LogP contribution in [0.25, 0.3) is 11.3 Å². The standard InChI is InChI=1S/C32H43FN8O3.C26H34FN7O2.C6H11NO2/c1-21(2)26-19-35-41-30(26)37-31(36-25-10-14-44-15-11-25)38-32(41)34-18-22-7-8-27(33)24(16-22)17-28(42)23-9-13-40(20-23)29(43)6-5-12-39(3)4;1-16(2)21-15-30-34-24(21)32-25(31-20-6-9-36-10-7-20)33-26(34)29-13-17-3-4-22(27)19(11-17)12-23(35)18-5-8-28-14-18;1-7(2)5-3-4-6(8)9/h5-8,16,19,21,23,25H,9-15,17-18,20H2,1-4H3,(H2,34,36,37,38);3-4,11,15-16,18,20,28H,5-10,12-14H2,1-2H3,(H2,29,31,32,33);3-4H,5H2,1-2H3,(H,8,9)/b6-5+;;4-3+. The quantitative estimate of drug-likeness (QED) is 0.0328. The van der Waals surface area contributed by atoms with Crippen LogP contribution in [-0.2, 0) is 54.6 Å². The van der Waals surface area contributed by atoms with Crippen molar-refractivity contribution in [3.05, 3.63) is 118 Å². The number of carboxylic acids is 1. The van der Waals surface area contributed by atoms with E-state index in [-0.39, 0.29) is 71.9 Å². The highest BCUT2D eigenvalue weighted by molar-refractivity contribution is 5.90. The van der Waals surface area contributed by atoms with Crippen LogP contribution in [0.4, 0.5) is 32.6 Å². The monoisotopic (exact) mass is 1230 g/mol. The lowest BCUT2D eigenvalue weighted by Gasteiger charge is -2.23. The highest BCUT2D eigenvalue weighted by atomic mass is 19.1. The SMILES string of the molecule is CC(C)c1cnn2c(NCc3ccc(F)c(CC(=O)C4CCN(C(=O)/C=C/CN(C)C)C4)c3)nc(NC3CCOCC3)nc12.CC(C)c1cnn2c(NCc3ccc(F)c(CC(=O)C4CCNC4)c3)nc(NC3CCOCC3)nc12.CN(C)C/C=C/C(=O)O. The molecule has 1 amide bonds. The van der Waals surface area contributed by atoms with Crippen LogP contribution in [0.5, 0.6) is 0 Å². The molecule has 6 N–H and O–H groups in total. The number of likely N-dealkylation sites (N-methyl/N-ethyl adjacent to an activating group) is 2. The van der Waals surface area contributed by atoms with Crippen molar-refractivity contribution in [3.63, 3.8) is 0 Å². The van der Waals surface area contributed by atoms with Gasteiger partial charge in [-0.2, -0.15) is 39.2 Å². The zero-order valence-electron chi connectivity index (χ0n) is 52.6. The summed E-state index contributed by atoms with van der Waals surface area (Å²) in [5.74, 6) is 0.595. The van der Waals surface area contributed by atoms with Crippen molar-refractivity contribution in [2.75, 3.05) is 115 Å². The number of aromatic nitrogens is 8. The second-order valence-corrected chi connectivity index (χ2v) is 24.3. The third kappa shape index (κ3) is 19.6. The summed E-state index contributed by atoms with van der Waals surface area (Å²) >= 11 is 0. The molecule has 10 rings (SSSR count). The van der Waals surface area contributed by atoms with Gasteiger partial charge in [-0.05, 0) is 119 Å². The summed E-state index contributed by atoms with van der Waals surface area (Å²) in [7, 11) is 7.63. The molecular weight excluding hydrogens is 1140 g/mol. The van der Waals surface area contributed by atoms with Crippen molar-refractivity contribution >= 4 is 58.5 Å². The molecule has 0 radical (unpaired) electrons. The Balaban J connectivity index is 0.000000205. The number of amides is 1. The van der Waals surface area contributed by atoms with Crippen molar-refractivity contribution < 1.29 is 42.5 Å². The van der Waals surface area contributed by atoms with Gasteiger partial charge in [0.05, 0.1) is 12.4 Å². The number of ether oxygens (including phenoxy) is 2. The van der Waals surface area contributed by atoms with E-state index in [0.29, 0.717) is 100 Å². The predicted octanol–water partition coefficient (Wildman–Crippen LogP) is 7.17. The zero-order chi connectivity index (χ0) is 63.6. The molecule has 2 unspecified atom stereocenters. The summed E-state index contributed by atoms with van der Waals surface area (Å²) < 4.78 is 43.7. The summed E-state index contributed by atoms with van der Waals surface area (Å²) in [6.07, 6.45) is 14.8. The fraction of sp³-hybridized carbons (Fsp3) is 0.531. The van der Waals surface area contributed by atoms with Crippen LogP contribution in [0.2, 0.25) is 0 Å². The lowest BCUT2D eigenvalue weighted by molar-refractivity contribution is -0.131. The number of fused-ring (bicyclic) bond motifs is 2. The summed E-state index contributed by atoms with van der Waals surface area (Å²) in [6.45, 7) is 15.8. The smallest absolute Gasteiger partial charge is 0.328 e. The molecule has 4 aliphatic heterocycles. The summed E-state index contributed by atoms with van der Waals surface area (Å²) in [5.41, 5.74) is 6.01. The van der Waals surface area contributed by atoms with Crippen molar-refractivity contribution in [1.29, 1.82) is 0 Å². The number of ketones is 2. The predicted molar refractivity (Wildman–Crippen MR) is 338 cm³/mol. The Labute approximate surface area is 519 Å². The van der Waals surface area contributed by atoms with Gasteiger partial charge >= 0.3 is 5.97 Å². The number of hydrogen-bond donors (Lipinski definition) is 6. The fourth-order valence-electron chi connectivity index (χ4n) is 10.8. The van der Waals surface area contributed by atoms with E-state index in [9.17, 15) is 28.0 Å². The Kier molecular flexibility index (Phi) is 24.6. The Morgan fingerprint density at radius 3 is 1.57 bits per heavy atom. The van der Waals surface area contributed by atoms with E-state index in [1.165, 1.54) is 12.1 Å². The van der Waals surface area contributed by atoms with E-state index in [0.717, 1.165) is 91.5 Å². The third-order valence-electron chi connectivity index (χ3n) is 15.9. The number of nitrogens with zero attached hydrogens (tertiary/aromatic N) is 11. The van der Waals surface area contributed by atoms with Crippen LogP contribution in [0.3, 0.4) is 0 Å². The van der Waals surface area contributed by atoms with Crippen molar-refractivity contribution in [3.8, 4) is 0 Å². The molecule has 480 valence electrons. The molecule has 0 spiro atoms. The highest BCUT2D eigenvalue weighted by Crippen LogP contribution is 2.27. The minimum Gasteiger partial charge on any atom is -0.478 e. The molecule has 6 aromatic rings. The van der Waals surface area contributed by atoms with E-state index < -0.39 is 11.8 Å². The first-order valence-corrected chi connectivity index (χ1v) is 30.9. The zero-order valence-corrected chi connectivity index (χ0v) is 52.6. The van der Waals surface area contributed by atoms with Gasteiger partial charge in [-0.15, -0.1) is 0 Å². The maximum absolute atomic E-state index is 14.8. The fourth-order valence-corrected chi connectivity index (χ4v) is 10.8. The number of benzene rings is 2. The van der Waals surface area contributed by atoms with Gasteiger partial charge < -0.3 is 55.9 Å². The number of likely N-dealkylation sites (tertiary alicyclic amines) is 1. The van der Waals surface area contributed by atoms with Gasteiger partial charge in [-0.25, -0.2) is 13.6 Å². The Hall–Kier alpha value is -7.84. The van der Waals surface area contributed by atoms with Crippen molar-refractivity contribution in [1.82, 2.24) is 59.2 Å². The van der Waals surface area contributed by atoms with Crippen LogP contribution in [0, 0.1) is 23.5 Å². The van der Waals surface area contributed by atoms with Crippen LogP contribution in [0.1, 0.15) is 111 Å². The largest absolute Gasteiger partial charge is 0.478 e. The molecule has 4 aliphatic rings. The lowest BCUT2D eigenvalue weighted by Crippen LogP contribution is -2.29. The number of aliphatic carboxylic acids is 1. The minimum atomic E-state index is -0.892. The molecule has 8 heterocycles. The first-order valence-electron chi connectivity index (χ1n) is 30.9. The number of carbonyl (C=O) groups excluding carboxylic acids is 3. The number of halogens is 2. The second kappa shape index (κ2) is 32.6. The molecule has 4 aromatic heterocycles. The number of Topliss-reactive ketones (excluding diaryl/α,β-unsaturated/α-hetero) is 2. The Morgan fingerprint density at radius 2 is 1.13 bits per heavy atom. The van der Waals surface area contributed by atoms with Gasteiger partial charge in [0.2, 0.25) is 29.7 Å². The van der Waals surface area contributed by atoms with Crippen molar-refractivity contribution in [2.24, 2.45) is 11.8 Å². The van der Waals surface area contributed by atoms with Gasteiger partial charge in [0, 0.05) is 132 Å². The van der Waals surface area contributed by atoms with Gasteiger partial charge in [0.25, 0.3) is 0 Å². The van der Waals surface area contributed by atoms with Gasteiger partial charge in [0.1, 0.15) is 23.2 Å². The first-order chi connectivity index (χ1) is 42.8. The first kappa shape index (κ1) is 67.1. The average molecular weight is 1230 g/mol. The summed E-state index contributed by atoms with van der Waals surface area (Å²) in [6, 6.07) is 10.3. The number of carboxylic acid groups (broad SMARTS) is 1. The minimum absolute atomic E-state index is 0.0172. The van der Waals surface area contributed by atoms with Crippen LogP contribution >= 0.6 is 0 Å². The van der Waals surface area contributed by atoms with Gasteiger partial charge in [0.15, 0.2) is 11.3 Å². The van der Waals surface area contributed by atoms with E-state index in [1.807, 2.05) is 56.5 Å². The Bertz CT molecular complexity index is 3400. The molecule has 4 saturated heterocycles. The number of rotatable bonds is 24. The van der Waals surface area contributed by atoms with E-state index in [2.05, 4.69) is 64.5 Å². The molecule has 0 saturated carbocycles. The number of carbonyl (C=O) groups is 4. The molecular formula is C64H88F2N16O7. The number of nitrogens with one attached hydrogen (secondary N) is 5. The molecule has 25 heteroatoms. The van der Waals surface area contributed by atoms with E-state index in [1.54, 1.807) is 50.3 Å². The molecule has 2 atom stereocenters. The highest BCUT2D eigenvalue weighted by Gasteiger charge is 2.31. The van der Waals surface area contributed by atoms with E-state index in [4.69, 9.17) is 34.5 Å². The average Bonchev–Trinajstić information content (AvgIpc) is 1.90. The second-order valence-electron chi connectivity index (χ2n) is 24.3. The maximum atomic E-state index is 14.8. The van der Waals surface area contributed by atoms with Gasteiger partial charge in [-0.3, -0.25) is 14.4 Å². The molecule has 23 nitrogen and oxygen atoms in total. The number of anilines is 4. The topological polar surface area (TPSA) is 263 Å². The van der Waals surface area contributed by atoms with Crippen LogP contribution in [-0.4, -0.2) is 188 Å². The lowest BCUT2D eigenvalue weighted by atomic mass is 9.96. The molecule has 89 heavy (non-hydrogen) atoms. The normalized spacial score (nSPS) is 17.5. The van der Waals surface area contributed by atoms with Crippen molar-refractivity contribution in [2.45, 2.75) is 116 Å².